The summed E-state index contributed by atoms with van der Waals surface area (Å²) < 4.78 is 61.1. The van der Waals surface area contributed by atoms with Crippen molar-refractivity contribution in [1.82, 2.24) is 9.38 Å². The van der Waals surface area contributed by atoms with Gasteiger partial charge in [0, 0.05) is 18.1 Å². The predicted molar refractivity (Wildman–Crippen MR) is 97.0 cm³/mol. The third-order valence-electron chi connectivity index (χ3n) is 4.33. The van der Waals surface area contributed by atoms with Gasteiger partial charge in [-0.3, -0.25) is 9.39 Å². The lowest BCUT2D eigenvalue weighted by molar-refractivity contribution is -0.141. The first-order valence-corrected chi connectivity index (χ1v) is 8.27. The molecule has 5 nitrogen and oxygen atoms in total. The molecule has 3 heterocycles. The molecular formula is C19H14F4N4O. The third kappa shape index (κ3) is 3.08. The molecule has 4 rings (SSSR count). The summed E-state index contributed by atoms with van der Waals surface area (Å²) in [4.78, 5) is 9.36. The second kappa shape index (κ2) is 6.66. The predicted octanol–water partition coefficient (Wildman–Crippen LogP) is 4.39. The maximum Gasteiger partial charge on any atom is 0.435 e. The lowest BCUT2D eigenvalue weighted by Gasteiger charge is -2.28. The molecule has 0 N–H and O–H groups in total. The molecule has 3 aromatic rings. The van der Waals surface area contributed by atoms with Crippen molar-refractivity contribution >= 4 is 23.2 Å². The minimum absolute atomic E-state index is 0.00569. The molecule has 2 aromatic heterocycles. The van der Waals surface area contributed by atoms with Crippen LogP contribution in [0.5, 0.6) is 5.75 Å². The van der Waals surface area contributed by atoms with Crippen LogP contribution in [0.25, 0.3) is 11.3 Å². The molecule has 0 radical (unpaired) electrons. The molecule has 0 saturated carbocycles. The first-order valence-electron chi connectivity index (χ1n) is 8.27. The van der Waals surface area contributed by atoms with E-state index in [0.29, 0.717) is 11.4 Å². The lowest BCUT2D eigenvalue weighted by Crippen LogP contribution is -2.28. The average molecular weight is 390 g/mol. The Morgan fingerprint density at radius 2 is 1.82 bits per heavy atom. The minimum Gasteiger partial charge on any atom is -0.497 e. The van der Waals surface area contributed by atoms with E-state index in [2.05, 4.69) is 9.98 Å². The third-order valence-corrected chi connectivity index (χ3v) is 4.33. The number of ether oxygens (including phenoxy) is 1. The number of imidazole rings is 1. The van der Waals surface area contributed by atoms with Crippen molar-refractivity contribution in [3.8, 4) is 5.75 Å². The van der Waals surface area contributed by atoms with Crippen LogP contribution in [-0.2, 0) is 6.18 Å². The van der Waals surface area contributed by atoms with Crippen LogP contribution in [0.3, 0.4) is 0 Å². The summed E-state index contributed by atoms with van der Waals surface area (Å²) in [5.41, 5.74) is -0.570. The van der Waals surface area contributed by atoms with Gasteiger partial charge in [-0.05, 0) is 36.4 Å². The maximum absolute atomic E-state index is 13.8. The Balaban J connectivity index is 1.92. The Morgan fingerprint density at radius 1 is 1.07 bits per heavy atom. The lowest BCUT2D eigenvalue weighted by atomic mass is 10.1. The number of fused-ring (bicyclic) bond motifs is 1. The fourth-order valence-electron chi connectivity index (χ4n) is 3.08. The van der Waals surface area contributed by atoms with Crippen LogP contribution in [0.15, 0.2) is 53.8 Å². The fraction of sp³-hybridized carbons (Fsp3) is 0.158. The number of methoxy groups -OCH3 is 1. The van der Waals surface area contributed by atoms with Crippen LogP contribution in [0, 0.1) is 5.82 Å². The SMILES string of the molecule is COc1ccc(N2CC=NC=C2c2c(C(F)(F)F)nc3ccc(F)cn23)cc1. The van der Waals surface area contributed by atoms with E-state index in [-0.39, 0.29) is 23.6 Å². The number of halogens is 4. The smallest absolute Gasteiger partial charge is 0.435 e. The van der Waals surface area contributed by atoms with Crippen molar-refractivity contribution in [1.29, 1.82) is 0 Å². The molecule has 0 atom stereocenters. The molecule has 1 aliphatic rings. The van der Waals surface area contributed by atoms with E-state index in [1.54, 1.807) is 35.4 Å². The molecule has 0 bridgehead atoms. The Labute approximate surface area is 157 Å². The molecule has 0 amide bonds. The standard InChI is InChI=1S/C19H14F4N4O/c1-28-14-5-3-13(4-6-14)26-9-8-24-10-15(26)17-18(19(21,22)23)25-16-7-2-12(20)11-27(16)17/h2-8,10-11H,9H2,1H3. The Bertz CT molecular complexity index is 1080. The van der Waals surface area contributed by atoms with Gasteiger partial charge in [-0.25, -0.2) is 9.37 Å². The number of rotatable bonds is 3. The topological polar surface area (TPSA) is 42.1 Å². The molecule has 1 aromatic carbocycles. The van der Waals surface area contributed by atoms with Crippen molar-refractivity contribution in [2.75, 3.05) is 18.6 Å². The van der Waals surface area contributed by atoms with Crippen molar-refractivity contribution in [2.45, 2.75) is 6.18 Å². The number of hydrogen-bond donors (Lipinski definition) is 0. The first kappa shape index (κ1) is 18.0. The van der Waals surface area contributed by atoms with Gasteiger partial charge in [0.15, 0.2) is 5.69 Å². The van der Waals surface area contributed by atoms with Crippen LogP contribution >= 0.6 is 0 Å². The van der Waals surface area contributed by atoms with E-state index in [1.165, 1.54) is 19.4 Å². The molecule has 0 unspecified atom stereocenters. The Hall–Kier alpha value is -3.36. The van der Waals surface area contributed by atoms with Crippen LogP contribution in [-0.4, -0.2) is 29.3 Å². The monoisotopic (exact) mass is 390 g/mol. The minimum atomic E-state index is -4.72. The molecule has 144 valence electrons. The summed E-state index contributed by atoms with van der Waals surface area (Å²) in [6, 6.07) is 9.14. The van der Waals surface area contributed by atoms with Gasteiger partial charge in [-0.15, -0.1) is 0 Å². The normalized spacial score (nSPS) is 14.5. The molecule has 0 spiro atoms. The highest BCUT2D eigenvalue weighted by atomic mass is 19.4. The average Bonchev–Trinajstić information content (AvgIpc) is 3.07. The quantitative estimate of drug-likeness (QED) is 0.623. The van der Waals surface area contributed by atoms with Crippen LogP contribution in [0.2, 0.25) is 0 Å². The summed E-state index contributed by atoms with van der Waals surface area (Å²) in [6.45, 7) is 0.248. The number of nitrogens with zero attached hydrogens (tertiary/aromatic N) is 4. The van der Waals surface area contributed by atoms with Gasteiger partial charge < -0.3 is 9.64 Å². The van der Waals surface area contributed by atoms with Crippen molar-refractivity contribution in [3.05, 3.63) is 66.0 Å². The number of anilines is 1. The van der Waals surface area contributed by atoms with Gasteiger partial charge in [0.1, 0.15) is 22.9 Å². The van der Waals surface area contributed by atoms with E-state index in [0.717, 1.165) is 16.7 Å². The second-order valence-corrected chi connectivity index (χ2v) is 6.04. The van der Waals surface area contributed by atoms with Crippen LogP contribution < -0.4 is 9.64 Å². The summed E-state index contributed by atoms with van der Waals surface area (Å²) in [5.74, 6) is -0.0522. The van der Waals surface area contributed by atoms with Crippen LogP contribution in [0.4, 0.5) is 23.2 Å². The van der Waals surface area contributed by atoms with Gasteiger partial charge in [-0.2, -0.15) is 13.2 Å². The molecule has 0 aliphatic carbocycles. The first-order chi connectivity index (χ1) is 13.4. The Kier molecular flexibility index (Phi) is 4.29. The van der Waals surface area contributed by atoms with E-state index < -0.39 is 17.7 Å². The molecule has 1 aliphatic heterocycles. The highest BCUT2D eigenvalue weighted by molar-refractivity contribution is 5.87. The molecule has 28 heavy (non-hydrogen) atoms. The zero-order valence-corrected chi connectivity index (χ0v) is 14.6. The van der Waals surface area contributed by atoms with E-state index in [4.69, 9.17) is 4.74 Å². The van der Waals surface area contributed by atoms with Crippen LogP contribution in [0.1, 0.15) is 11.4 Å². The van der Waals surface area contributed by atoms with Gasteiger partial charge >= 0.3 is 6.18 Å². The molecule has 9 heteroatoms. The van der Waals surface area contributed by atoms with E-state index in [1.807, 2.05) is 0 Å². The maximum atomic E-state index is 13.8. The summed E-state index contributed by atoms with van der Waals surface area (Å²) >= 11 is 0. The van der Waals surface area contributed by atoms with Crippen molar-refractivity contribution < 1.29 is 22.3 Å². The second-order valence-electron chi connectivity index (χ2n) is 6.04. The van der Waals surface area contributed by atoms with E-state index >= 15 is 0 Å². The summed E-state index contributed by atoms with van der Waals surface area (Å²) in [5, 5.41) is 0. The highest BCUT2D eigenvalue weighted by Crippen LogP contribution is 2.38. The van der Waals surface area contributed by atoms with Gasteiger partial charge in [0.25, 0.3) is 0 Å². The fourth-order valence-corrected chi connectivity index (χ4v) is 3.08. The van der Waals surface area contributed by atoms with Crippen molar-refractivity contribution in [2.24, 2.45) is 4.99 Å². The zero-order chi connectivity index (χ0) is 19.9. The number of aromatic nitrogens is 2. The number of alkyl halides is 3. The van der Waals surface area contributed by atoms with E-state index in [9.17, 15) is 17.6 Å². The Morgan fingerprint density at radius 3 is 2.50 bits per heavy atom. The van der Waals surface area contributed by atoms with Gasteiger partial charge in [0.05, 0.1) is 25.6 Å². The van der Waals surface area contributed by atoms with Gasteiger partial charge in [-0.1, -0.05) is 0 Å². The summed E-state index contributed by atoms with van der Waals surface area (Å²) in [6.07, 6.45) is -0.841. The number of hydrogen-bond acceptors (Lipinski definition) is 4. The van der Waals surface area contributed by atoms with Crippen molar-refractivity contribution in [3.63, 3.8) is 0 Å². The number of benzene rings is 1. The molecule has 0 saturated heterocycles. The zero-order valence-electron chi connectivity index (χ0n) is 14.6. The highest BCUT2D eigenvalue weighted by Gasteiger charge is 2.40. The number of aliphatic imine (C=N–C) groups is 1. The largest absolute Gasteiger partial charge is 0.497 e. The molecular weight excluding hydrogens is 376 g/mol. The van der Waals surface area contributed by atoms with Gasteiger partial charge in [0.2, 0.25) is 0 Å². The molecule has 0 fully saturated rings. The number of pyridine rings is 1. The summed E-state index contributed by atoms with van der Waals surface area (Å²) in [7, 11) is 1.52.